The van der Waals surface area contributed by atoms with Gasteiger partial charge in [0.1, 0.15) is 51.6 Å². The highest BCUT2D eigenvalue weighted by Gasteiger charge is 2.22. The molecule has 2 N–H and O–H groups in total. The molecule has 4 heteroatoms. The number of aryl methyl sites for hydroxylation is 1. The van der Waals surface area contributed by atoms with Gasteiger partial charge in [-0.15, -0.1) is 0 Å². The number of hydrogen-bond acceptors (Lipinski definition) is 1. The summed E-state index contributed by atoms with van der Waals surface area (Å²) in [7, 11) is 0. The lowest BCUT2D eigenvalue weighted by molar-refractivity contribution is -1.02. The molecule has 0 aromatic heterocycles. The molecular weight excluding hydrogens is 364 g/mol. The number of piperazine rings is 1. The summed E-state index contributed by atoms with van der Waals surface area (Å²) in [6, 6.07) is 17.1. The Morgan fingerprint density at radius 1 is 0.958 bits per heavy atom. The minimum atomic E-state index is 0.783. The molecule has 0 aliphatic carbocycles. The van der Waals surface area contributed by atoms with Crippen molar-refractivity contribution in [2.45, 2.75) is 13.5 Å². The molecule has 2 aromatic rings. The topological polar surface area (TPSA) is 18.1 Å². The Kier molecular flexibility index (Phi) is 6.30. The third-order valence-corrected chi connectivity index (χ3v) is 5.38. The lowest BCUT2D eigenvalue weighted by Crippen LogP contribution is -3.27. The summed E-state index contributed by atoms with van der Waals surface area (Å²) in [6.07, 6.45) is 0. The van der Waals surface area contributed by atoms with E-state index in [0.29, 0.717) is 0 Å². The van der Waals surface area contributed by atoms with Gasteiger partial charge in [-0.2, -0.15) is 0 Å². The van der Waals surface area contributed by atoms with E-state index in [0.717, 1.165) is 29.9 Å². The van der Waals surface area contributed by atoms with Gasteiger partial charge in [0.2, 0.25) is 0 Å². The third kappa shape index (κ3) is 5.07. The molecule has 1 aliphatic heterocycles. The summed E-state index contributed by atoms with van der Waals surface area (Å²) in [5, 5.41) is 0. The molecule has 128 valence electrons. The molecular formula is C20H27BrN2O+2. The fourth-order valence-electron chi connectivity index (χ4n) is 3.30. The van der Waals surface area contributed by atoms with Crippen molar-refractivity contribution in [2.75, 3.05) is 39.3 Å². The number of benzene rings is 2. The largest absolute Gasteiger partial charge is 0.487 e. The van der Waals surface area contributed by atoms with Gasteiger partial charge in [-0.25, -0.2) is 0 Å². The van der Waals surface area contributed by atoms with Crippen molar-refractivity contribution in [1.29, 1.82) is 0 Å². The smallest absolute Gasteiger partial charge is 0.137 e. The predicted molar refractivity (Wildman–Crippen MR) is 101 cm³/mol. The normalized spacial score (nSPS) is 20.8. The second kappa shape index (κ2) is 8.65. The first-order chi connectivity index (χ1) is 11.7. The molecule has 1 aliphatic rings. The van der Waals surface area contributed by atoms with Crippen LogP contribution in [0.25, 0.3) is 0 Å². The molecule has 3 nitrogen and oxygen atoms in total. The average Bonchev–Trinajstić information content (AvgIpc) is 2.59. The summed E-state index contributed by atoms with van der Waals surface area (Å²) in [5.41, 5.74) is 2.70. The van der Waals surface area contributed by atoms with Gasteiger partial charge in [0.15, 0.2) is 0 Å². The first kappa shape index (κ1) is 17.5. The van der Waals surface area contributed by atoms with Gasteiger partial charge in [-0.1, -0.05) is 36.4 Å². The van der Waals surface area contributed by atoms with E-state index in [4.69, 9.17) is 4.74 Å². The van der Waals surface area contributed by atoms with E-state index < -0.39 is 0 Å². The summed E-state index contributed by atoms with van der Waals surface area (Å²) < 4.78 is 6.99. The van der Waals surface area contributed by atoms with Crippen LogP contribution in [0.5, 0.6) is 5.75 Å². The second-order valence-electron chi connectivity index (χ2n) is 6.69. The van der Waals surface area contributed by atoms with Crippen molar-refractivity contribution >= 4 is 15.9 Å². The van der Waals surface area contributed by atoms with Gasteiger partial charge < -0.3 is 14.5 Å². The second-order valence-corrected chi connectivity index (χ2v) is 7.55. The standard InChI is InChI=1S/C20H25BrN2O/c1-17-7-8-20(19(21)15-17)24-14-13-22-9-11-23(12-10-22)16-18-5-3-2-4-6-18/h2-8,15H,9-14,16H2,1H3/p+2. The van der Waals surface area contributed by atoms with E-state index in [1.807, 2.05) is 0 Å². The Bertz CT molecular complexity index is 639. The van der Waals surface area contributed by atoms with E-state index >= 15 is 0 Å². The third-order valence-electron chi connectivity index (χ3n) is 4.76. The van der Waals surface area contributed by atoms with Crippen molar-refractivity contribution in [3.8, 4) is 5.75 Å². The molecule has 0 spiro atoms. The first-order valence-corrected chi connectivity index (χ1v) is 9.60. The van der Waals surface area contributed by atoms with E-state index in [-0.39, 0.29) is 0 Å². The van der Waals surface area contributed by atoms with Crippen LogP contribution in [-0.2, 0) is 6.54 Å². The van der Waals surface area contributed by atoms with Crippen LogP contribution in [0.2, 0.25) is 0 Å². The molecule has 1 saturated heterocycles. The molecule has 24 heavy (non-hydrogen) atoms. The lowest BCUT2D eigenvalue weighted by atomic mass is 10.2. The SMILES string of the molecule is Cc1ccc(OCC[NH+]2CC[NH+](Cc3ccccc3)CC2)c(Br)c1. The quantitative estimate of drug-likeness (QED) is 0.756. The highest BCUT2D eigenvalue weighted by atomic mass is 79.9. The molecule has 0 unspecified atom stereocenters. The number of nitrogens with one attached hydrogen (secondary N) is 2. The maximum Gasteiger partial charge on any atom is 0.137 e. The summed E-state index contributed by atoms with van der Waals surface area (Å²) >= 11 is 3.58. The fourth-order valence-corrected chi connectivity index (χ4v) is 3.90. The van der Waals surface area contributed by atoms with Gasteiger partial charge >= 0.3 is 0 Å². The van der Waals surface area contributed by atoms with Crippen LogP contribution in [-0.4, -0.2) is 39.3 Å². The lowest BCUT2D eigenvalue weighted by Gasteiger charge is -2.29. The Morgan fingerprint density at radius 3 is 2.38 bits per heavy atom. The highest BCUT2D eigenvalue weighted by molar-refractivity contribution is 9.10. The Hall–Kier alpha value is -1.36. The van der Waals surface area contributed by atoms with E-state index in [1.165, 1.54) is 37.3 Å². The minimum Gasteiger partial charge on any atom is -0.487 e. The van der Waals surface area contributed by atoms with Crippen LogP contribution in [0, 0.1) is 6.92 Å². The van der Waals surface area contributed by atoms with Crippen molar-refractivity contribution in [3.63, 3.8) is 0 Å². The average molecular weight is 391 g/mol. The van der Waals surface area contributed by atoms with Crippen molar-refractivity contribution in [3.05, 3.63) is 64.1 Å². The van der Waals surface area contributed by atoms with E-state index in [2.05, 4.69) is 71.4 Å². The zero-order valence-electron chi connectivity index (χ0n) is 14.4. The van der Waals surface area contributed by atoms with Gasteiger partial charge in [0.05, 0.1) is 4.47 Å². The molecule has 1 fully saturated rings. The summed E-state index contributed by atoms with van der Waals surface area (Å²) in [4.78, 5) is 3.36. The molecule has 3 rings (SSSR count). The van der Waals surface area contributed by atoms with Gasteiger partial charge in [-0.05, 0) is 40.5 Å². The summed E-state index contributed by atoms with van der Waals surface area (Å²) in [6.45, 7) is 10.1. The number of halogens is 1. The van der Waals surface area contributed by atoms with Crippen LogP contribution in [0.15, 0.2) is 53.0 Å². The molecule has 2 aromatic carbocycles. The van der Waals surface area contributed by atoms with Crippen LogP contribution >= 0.6 is 15.9 Å². The minimum absolute atomic E-state index is 0.783. The Morgan fingerprint density at radius 2 is 1.67 bits per heavy atom. The number of rotatable bonds is 6. The molecule has 0 amide bonds. The van der Waals surface area contributed by atoms with Crippen LogP contribution in [0.1, 0.15) is 11.1 Å². The maximum atomic E-state index is 5.94. The molecule has 1 heterocycles. The van der Waals surface area contributed by atoms with E-state index in [1.54, 1.807) is 9.80 Å². The Balaban J connectivity index is 1.38. The zero-order chi connectivity index (χ0) is 16.8. The molecule has 0 atom stereocenters. The highest BCUT2D eigenvalue weighted by Crippen LogP contribution is 2.25. The van der Waals surface area contributed by atoms with Crippen LogP contribution < -0.4 is 14.5 Å². The number of ether oxygens (including phenoxy) is 1. The number of quaternary nitrogens is 2. The van der Waals surface area contributed by atoms with Crippen molar-refractivity contribution in [1.82, 2.24) is 0 Å². The van der Waals surface area contributed by atoms with Crippen LogP contribution in [0.4, 0.5) is 0 Å². The first-order valence-electron chi connectivity index (χ1n) is 8.81. The van der Waals surface area contributed by atoms with Crippen molar-refractivity contribution < 1.29 is 14.5 Å². The van der Waals surface area contributed by atoms with Gasteiger partial charge in [0, 0.05) is 5.56 Å². The van der Waals surface area contributed by atoms with Crippen molar-refractivity contribution in [2.24, 2.45) is 0 Å². The summed E-state index contributed by atoms with van der Waals surface area (Å²) in [5.74, 6) is 0.952. The van der Waals surface area contributed by atoms with Gasteiger partial charge in [0.25, 0.3) is 0 Å². The van der Waals surface area contributed by atoms with Crippen LogP contribution in [0.3, 0.4) is 0 Å². The molecule has 0 bridgehead atoms. The molecule has 0 radical (unpaired) electrons. The maximum absolute atomic E-state index is 5.94. The van der Waals surface area contributed by atoms with Gasteiger partial charge in [-0.3, -0.25) is 0 Å². The predicted octanol–water partition coefficient (Wildman–Crippen LogP) is 1.12. The monoisotopic (exact) mass is 390 g/mol. The zero-order valence-corrected chi connectivity index (χ0v) is 15.9. The Labute approximate surface area is 153 Å². The fraction of sp³-hybridized carbons (Fsp3) is 0.400. The number of hydrogen-bond donors (Lipinski definition) is 2. The van der Waals surface area contributed by atoms with E-state index in [9.17, 15) is 0 Å². The molecule has 0 saturated carbocycles.